The number of alkyl halides is 3. The van der Waals surface area contributed by atoms with Gasteiger partial charge in [0.05, 0.1) is 20.1 Å². The lowest BCUT2D eigenvalue weighted by Crippen LogP contribution is -2.24. The predicted molar refractivity (Wildman–Crippen MR) is 71.6 cm³/mol. The number of rotatable bonds is 0. The molecule has 0 amide bonds. The van der Waals surface area contributed by atoms with Gasteiger partial charge in [0.1, 0.15) is 5.50 Å². The molecule has 1 nitrogen and oxygen atoms in total. The lowest BCUT2D eigenvalue weighted by atomic mass is 10.1. The third-order valence-electron chi connectivity index (χ3n) is 2.18. The third kappa shape index (κ3) is 1.90. The van der Waals surface area contributed by atoms with E-state index >= 15 is 0 Å². The Morgan fingerprint density at radius 3 is 1.94 bits per heavy atom. The maximum absolute atomic E-state index is 6.02. The van der Waals surface area contributed by atoms with Gasteiger partial charge in [-0.25, -0.2) is 0 Å². The van der Waals surface area contributed by atoms with Gasteiger partial charge in [-0.15, -0.1) is 11.6 Å². The molecule has 8 heteroatoms. The molecule has 1 aliphatic heterocycles. The first-order valence-corrected chi connectivity index (χ1v) is 6.63. The molecule has 0 bridgehead atoms. The minimum atomic E-state index is -1.43. The summed E-state index contributed by atoms with van der Waals surface area (Å²) in [6.07, 6.45) is 0. The predicted octanol–water partition coefficient (Wildman–Crippen LogP) is 5.73. The van der Waals surface area contributed by atoms with E-state index < -0.39 is 9.96 Å². The highest BCUT2D eigenvalue weighted by atomic mass is 35.5. The van der Waals surface area contributed by atoms with Crippen molar-refractivity contribution in [3.63, 3.8) is 0 Å². The van der Waals surface area contributed by atoms with Gasteiger partial charge in [-0.2, -0.15) is 0 Å². The van der Waals surface area contributed by atoms with Gasteiger partial charge in [0.25, 0.3) is 0 Å². The summed E-state index contributed by atoms with van der Waals surface area (Å²) in [4.78, 5) is 0. The van der Waals surface area contributed by atoms with Crippen molar-refractivity contribution in [2.45, 2.75) is 9.96 Å². The van der Waals surface area contributed by atoms with Crippen molar-refractivity contribution in [3.05, 3.63) is 31.2 Å². The van der Waals surface area contributed by atoms with Gasteiger partial charge < -0.3 is 0 Å². The van der Waals surface area contributed by atoms with Crippen molar-refractivity contribution in [1.82, 2.24) is 5.32 Å². The minimum Gasteiger partial charge on any atom is -0.262 e. The summed E-state index contributed by atoms with van der Waals surface area (Å²) in [5.41, 5.74) is 0.120. The summed E-state index contributed by atoms with van der Waals surface area (Å²) in [5, 5.41) is 3.28. The highest BCUT2D eigenvalue weighted by molar-refractivity contribution is 6.55. The van der Waals surface area contributed by atoms with Crippen LogP contribution in [-0.2, 0) is 4.46 Å². The van der Waals surface area contributed by atoms with Crippen LogP contribution in [-0.4, -0.2) is 0 Å². The molecular weight excluding hydrogens is 358 g/mol. The number of fused-ring (bicyclic) bond motifs is 1. The van der Waals surface area contributed by atoms with E-state index in [4.69, 9.17) is 81.2 Å². The fourth-order valence-corrected chi connectivity index (χ4v) is 3.87. The van der Waals surface area contributed by atoms with Crippen LogP contribution in [0.25, 0.3) is 0 Å². The van der Waals surface area contributed by atoms with E-state index in [2.05, 4.69) is 5.32 Å². The minimum absolute atomic E-state index is 0.102. The molecule has 1 aromatic carbocycles. The molecule has 1 unspecified atom stereocenters. The first-order valence-electron chi connectivity index (χ1n) is 3.93. The van der Waals surface area contributed by atoms with Crippen LogP contribution in [0.1, 0.15) is 16.6 Å². The Balaban J connectivity index is 2.86. The zero-order valence-corrected chi connectivity index (χ0v) is 12.5. The number of hydrogen-bond acceptors (Lipinski definition) is 1. The zero-order chi connectivity index (χ0) is 12.2. The molecule has 1 atom stereocenters. The van der Waals surface area contributed by atoms with Crippen LogP contribution in [0.3, 0.4) is 0 Å². The van der Waals surface area contributed by atoms with Gasteiger partial charge in [0.2, 0.25) is 0 Å². The van der Waals surface area contributed by atoms with Gasteiger partial charge in [-0.05, 0) is 0 Å². The summed E-state index contributed by atoms with van der Waals surface area (Å²) in [5.74, 6) is 0. The van der Waals surface area contributed by atoms with Crippen molar-refractivity contribution in [3.8, 4) is 0 Å². The molecule has 16 heavy (non-hydrogen) atoms. The van der Waals surface area contributed by atoms with Crippen LogP contribution in [0.4, 0.5) is 0 Å². The second kappa shape index (κ2) is 4.40. The molecule has 1 N–H and O–H groups in total. The second-order valence-corrected chi connectivity index (χ2v) is 6.40. The van der Waals surface area contributed by atoms with E-state index in [9.17, 15) is 0 Å². The fourth-order valence-electron chi connectivity index (χ4n) is 1.50. The van der Waals surface area contributed by atoms with E-state index in [1.54, 1.807) is 0 Å². The fraction of sp³-hybridized carbons (Fsp3) is 0.250. The van der Waals surface area contributed by atoms with Gasteiger partial charge in [-0.3, -0.25) is 5.32 Å². The first kappa shape index (κ1) is 13.6. The Labute approximate surface area is 127 Å². The molecule has 1 aliphatic rings. The van der Waals surface area contributed by atoms with Crippen molar-refractivity contribution in [2.75, 3.05) is 0 Å². The lowest BCUT2D eigenvalue weighted by Gasteiger charge is -2.16. The monoisotopic (exact) mass is 357 g/mol. The molecule has 0 spiro atoms. The number of hydrogen-bond donors (Lipinski definition) is 1. The molecule has 1 heterocycles. The quantitative estimate of drug-likeness (QED) is 0.270. The van der Waals surface area contributed by atoms with Gasteiger partial charge in [-0.1, -0.05) is 69.6 Å². The molecule has 1 aromatic rings. The smallest absolute Gasteiger partial charge is 0.198 e. The molecule has 0 fully saturated rings. The second-order valence-electron chi connectivity index (χ2n) is 3.13. The number of nitrogens with one attached hydrogen (secondary N) is 1. The molecule has 0 radical (unpaired) electrons. The number of benzene rings is 1. The molecule has 0 aliphatic carbocycles. The van der Waals surface area contributed by atoms with E-state index in [1.807, 2.05) is 0 Å². The summed E-state index contributed by atoms with van der Waals surface area (Å²) >= 11 is 41.9. The summed E-state index contributed by atoms with van der Waals surface area (Å²) in [7, 11) is 0. The standard InChI is InChI=1S/C8H2Cl7N/c9-3-1-2(4(10)6(12)5(3)11)8(14,15)16-7(1)13/h7,16H. The van der Waals surface area contributed by atoms with Crippen LogP contribution in [0, 0.1) is 0 Å². The SMILES string of the molecule is Clc1c(Cl)c(Cl)c2c(c1Cl)C(Cl)NC2(Cl)Cl. The summed E-state index contributed by atoms with van der Waals surface area (Å²) < 4.78 is -1.43. The van der Waals surface area contributed by atoms with Crippen molar-refractivity contribution in [2.24, 2.45) is 0 Å². The van der Waals surface area contributed by atoms with Crippen molar-refractivity contribution in [1.29, 1.82) is 0 Å². The average molecular weight is 360 g/mol. The van der Waals surface area contributed by atoms with Crippen LogP contribution in [0.15, 0.2) is 0 Å². The van der Waals surface area contributed by atoms with Crippen LogP contribution < -0.4 is 5.32 Å². The Morgan fingerprint density at radius 2 is 1.38 bits per heavy atom. The van der Waals surface area contributed by atoms with Gasteiger partial charge in [0, 0.05) is 11.1 Å². The maximum atomic E-state index is 6.02. The Kier molecular flexibility index (Phi) is 3.75. The maximum Gasteiger partial charge on any atom is 0.198 e. The highest BCUT2D eigenvalue weighted by Gasteiger charge is 2.44. The van der Waals surface area contributed by atoms with E-state index in [0.717, 1.165) is 0 Å². The molecule has 88 valence electrons. The van der Waals surface area contributed by atoms with Crippen molar-refractivity contribution >= 4 is 81.2 Å². The Bertz CT molecular complexity index is 470. The molecular formula is C8H2Cl7N. The number of halogens is 7. The highest BCUT2D eigenvalue weighted by Crippen LogP contribution is 2.54. The molecule has 0 saturated heterocycles. The largest absolute Gasteiger partial charge is 0.262 e. The molecule has 0 aromatic heterocycles. The third-order valence-corrected chi connectivity index (χ3v) is 4.92. The summed E-state index contributed by atoms with van der Waals surface area (Å²) in [6, 6.07) is 0. The van der Waals surface area contributed by atoms with Crippen LogP contribution >= 0.6 is 81.2 Å². The molecule has 2 rings (SSSR count). The van der Waals surface area contributed by atoms with E-state index in [-0.39, 0.29) is 20.1 Å². The van der Waals surface area contributed by atoms with E-state index in [0.29, 0.717) is 11.1 Å². The lowest BCUT2D eigenvalue weighted by molar-refractivity contribution is 0.663. The Morgan fingerprint density at radius 1 is 0.875 bits per heavy atom. The van der Waals surface area contributed by atoms with Gasteiger partial charge in [0.15, 0.2) is 4.46 Å². The zero-order valence-electron chi connectivity index (χ0n) is 7.22. The van der Waals surface area contributed by atoms with Crippen LogP contribution in [0.5, 0.6) is 0 Å². The van der Waals surface area contributed by atoms with Crippen molar-refractivity contribution < 1.29 is 0 Å². The normalized spacial score (nSPS) is 22.3. The average Bonchev–Trinajstić information content (AvgIpc) is 2.42. The topological polar surface area (TPSA) is 12.0 Å². The Hall–Kier alpha value is 1.21. The van der Waals surface area contributed by atoms with Crippen LogP contribution in [0.2, 0.25) is 20.1 Å². The van der Waals surface area contributed by atoms with Gasteiger partial charge >= 0.3 is 0 Å². The van der Waals surface area contributed by atoms with E-state index in [1.165, 1.54) is 0 Å². The first-order chi connectivity index (χ1) is 7.27. The summed E-state index contributed by atoms with van der Waals surface area (Å²) in [6.45, 7) is 0. The molecule has 0 saturated carbocycles.